The molecule has 5 heteroatoms. The number of hydrogen-bond acceptors (Lipinski definition) is 2. The second kappa shape index (κ2) is 7.09. The van der Waals surface area contributed by atoms with E-state index in [1.54, 1.807) is 19.1 Å². The van der Waals surface area contributed by atoms with Gasteiger partial charge in [0.1, 0.15) is 5.38 Å². The van der Waals surface area contributed by atoms with Gasteiger partial charge in [-0.05, 0) is 29.7 Å². The highest BCUT2D eigenvalue weighted by Gasteiger charge is 2.14. The van der Waals surface area contributed by atoms with Crippen molar-refractivity contribution in [1.82, 2.24) is 0 Å². The van der Waals surface area contributed by atoms with Crippen LogP contribution in [0.4, 0.5) is 5.69 Å². The normalized spacial score (nSPS) is 11.7. The molecule has 0 aromatic heterocycles. The van der Waals surface area contributed by atoms with Gasteiger partial charge in [0.2, 0.25) is 5.91 Å². The molecule has 2 rings (SSSR count). The first-order valence-electron chi connectivity index (χ1n) is 6.82. The van der Waals surface area contributed by atoms with E-state index in [2.05, 4.69) is 5.32 Å². The van der Waals surface area contributed by atoms with Gasteiger partial charge in [0.05, 0.1) is 6.42 Å². The molecule has 0 saturated heterocycles. The van der Waals surface area contributed by atoms with Gasteiger partial charge in [-0.1, -0.05) is 42.5 Å². The number of carbonyl (C=O) groups excluding carboxylic acids is 1. The third kappa shape index (κ3) is 4.09. The Kier molecular flexibility index (Phi) is 5.17. The van der Waals surface area contributed by atoms with Crippen molar-refractivity contribution < 1.29 is 14.7 Å². The maximum absolute atomic E-state index is 11.8. The molecule has 2 aromatic carbocycles. The van der Waals surface area contributed by atoms with Crippen LogP contribution in [-0.4, -0.2) is 22.4 Å². The van der Waals surface area contributed by atoms with Crippen LogP contribution in [0.25, 0.3) is 11.1 Å². The molecule has 1 atom stereocenters. The summed E-state index contributed by atoms with van der Waals surface area (Å²) >= 11 is 5.76. The zero-order valence-electron chi connectivity index (χ0n) is 12.0. The van der Waals surface area contributed by atoms with Crippen LogP contribution >= 0.6 is 11.6 Å². The summed E-state index contributed by atoms with van der Waals surface area (Å²) in [6.45, 7) is 1.56. The van der Waals surface area contributed by atoms with Gasteiger partial charge in [-0.2, -0.15) is 0 Å². The van der Waals surface area contributed by atoms with Crippen LogP contribution in [0.2, 0.25) is 0 Å². The molecule has 0 bridgehead atoms. The Morgan fingerprint density at radius 2 is 1.82 bits per heavy atom. The summed E-state index contributed by atoms with van der Waals surface area (Å²) in [4.78, 5) is 22.8. The van der Waals surface area contributed by atoms with E-state index in [1.165, 1.54) is 0 Å². The van der Waals surface area contributed by atoms with Gasteiger partial charge in [-0.15, -0.1) is 11.6 Å². The maximum atomic E-state index is 11.8. The first-order valence-corrected chi connectivity index (χ1v) is 7.26. The monoisotopic (exact) mass is 317 g/mol. The van der Waals surface area contributed by atoms with E-state index >= 15 is 0 Å². The van der Waals surface area contributed by atoms with E-state index in [9.17, 15) is 9.59 Å². The Bertz CT molecular complexity index is 684. The zero-order valence-corrected chi connectivity index (χ0v) is 12.8. The average Bonchev–Trinajstić information content (AvgIpc) is 2.49. The Hall–Kier alpha value is -2.33. The summed E-state index contributed by atoms with van der Waals surface area (Å²) in [5, 5.41) is 11.0. The number of hydrogen-bond donors (Lipinski definition) is 2. The van der Waals surface area contributed by atoms with Gasteiger partial charge in [0.25, 0.3) is 0 Å². The molecule has 4 nitrogen and oxygen atoms in total. The van der Waals surface area contributed by atoms with Gasteiger partial charge in [-0.3, -0.25) is 9.59 Å². The molecule has 0 aliphatic carbocycles. The van der Waals surface area contributed by atoms with Gasteiger partial charge in [0, 0.05) is 5.69 Å². The summed E-state index contributed by atoms with van der Waals surface area (Å²) in [5.41, 5.74) is 2.89. The first-order chi connectivity index (χ1) is 10.5. The van der Waals surface area contributed by atoms with Crippen LogP contribution in [0, 0.1) is 0 Å². The second-order valence-corrected chi connectivity index (χ2v) is 5.57. The van der Waals surface area contributed by atoms with Crippen LogP contribution in [0.1, 0.15) is 12.5 Å². The number of nitrogens with one attached hydrogen (secondary N) is 1. The molecule has 1 amide bonds. The Labute approximate surface area is 133 Å². The fourth-order valence-electron chi connectivity index (χ4n) is 2.05. The standard InChI is InChI=1S/C17H16ClNO3/c1-11(18)17(22)19-15-9-13(12-5-3-2-4-6-12)7-8-14(15)10-16(20)21/h2-9,11H,10H2,1H3,(H,19,22)(H,20,21). The number of carboxylic acid groups (broad SMARTS) is 1. The molecular weight excluding hydrogens is 302 g/mol. The molecule has 0 aliphatic heterocycles. The predicted octanol–water partition coefficient (Wildman–Crippen LogP) is 3.55. The molecule has 22 heavy (non-hydrogen) atoms. The molecule has 2 aromatic rings. The molecule has 0 heterocycles. The third-order valence-electron chi connectivity index (χ3n) is 3.18. The predicted molar refractivity (Wildman–Crippen MR) is 87.2 cm³/mol. The Morgan fingerprint density at radius 1 is 1.14 bits per heavy atom. The van der Waals surface area contributed by atoms with E-state index in [-0.39, 0.29) is 12.3 Å². The minimum atomic E-state index is -0.957. The molecule has 0 saturated carbocycles. The fraction of sp³-hybridized carbons (Fsp3) is 0.176. The second-order valence-electron chi connectivity index (χ2n) is 4.91. The largest absolute Gasteiger partial charge is 0.481 e. The molecule has 0 aliphatic rings. The van der Waals surface area contributed by atoms with Crippen LogP contribution in [-0.2, 0) is 16.0 Å². The molecule has 0 radical (unpaired) electrons. The number of aliphatic carboxylic acids is 1. The topological polar surface area (TPSA) is 66.4 Å². The Morgan fingerprint density at radius 3 is 2.41 bits per heavy atom. The SMILES string of the molecule is CC(Cl)C(=O)Nc1cc(-c2ccccc2)ccc1CC(=O)O. The lowest BCUT2D eigenvalue weighted by Gasteiger charge is -2.13. The lowest BCUT2D eigenvalue weighted by atomic mass is 10.0. The van der Waals surface area contributed by atoms with E-state index in [0.717, 1.165) is 11.1 Å². The van der Waals surface area contributed by atoms with Crippen LogP contribution in [0.15, 0.2) is 48.5 Å². The highest BCUT2D eigenvalue weighted by Crippen LogP contribution is 2.26. The number of anilines is 1. The van der Waals surface area contributed by atoms with E-state index in [1.807, 2.05) is 36.4 Å². The summed E-state index contributed by atoms with van der Waals surface area (Å²) < 4.78 is 0. The zero-order chi connectivity index (χ0) is 16.1. The number of halogens is 1. The molecular formula is C17H16ClNO3. The summed E-state index contributed by atoms with van der Waals surface area (Å²) in [7, 11) is 0. The van der Waals surface area contributed by atoms with Crippen molar-refractivity contribution in [2.75, 3.05) is 5.32 Å². The lowest BCUT2D eigenvalue weighted by molar-refractivity contribution is -0.136. The van der Waals surface area contributed by atoms with Crippen LogP contribution in [0.5, 0.6) is 0 Å². The van der Waals surface area contributed by atoms with Crippen molar-refractivity contribution in [3.05, 3.63) is 54.1 Å². The van der Waals surface area contributed by atoms with Gasteiger partial charge in [0.15, 0.2) is 0 Å². The van der Waals surface area contributed by atoms with Crippen molar-refractivity contribution in [3.63, 3.8) is 0 Å². The summed E-state index contributed by atoms with van der Waals surface area (Å²) in [5.74, 6) is -1.32. The van der Waals surface area contributed by atoms with Crippen LogP contribution in [0.3, 0.4) is 0 Å². The molecule has 2 N–H and O–H groups in total. The smallest absolute Gasteiger partial charge is 0.307 e. The van der Waals surface area contributed by atoms with Crippen LogP contribution < -0.4 is 5.32 Å². The minimum Gasteiger partial charge on any atom is -0.481 e. The number of alkyl halides is 1. The van der Waals surface area contributed by atoms with Gasteiger partial charge >= 0.3 is 5.97 Å². The molecule has 1 unspecified atom stereocenters. The number of carboxylic acids is 1. The van der Waals surface area contributed by atoms with Crippen molar-refractivity contribution in [2.24, 2.45) is 0 Å². The summed E-state index contributed by atoms with van der Waals surface area (Å²) in [6.07, 6.45) is -0.165. The molecule has 114 valence electrons. The van der Waals surface area contributed by atoms with Crippen molar-refractivity contribution in [1.29, 1.82) is 0 Å². The van der Waals surface area contributed by atoms with Crippen molar-refractivity contribution in [2.45, 2.75) is 18.7 Å². The highest BCUT2D eigenvalue weighted by molar-refractivity contribution is 6.32. The minimum absolute atomic E-state index is 0.165. The quantitative estimate of drug-likeness (QED) is 0.829. The average molecular weight is 318 g/mol. The Balaban J connectivity index is 2.40. The fourth-order valence-corrected chi connectivity index (χ4v) is 2.11. The lowest BCUT2D eigenvalue weighted by Crippen LogP contribution is -2.21. The number of carbonyl (C=O) groups is 2. The third-order valence-corrected chi connectivity index (χ3v) is 3.38. The molecule has 0 spiro atoms. The highest BCUT2D eigenvalue weighted by atomic mass is 35.5. The number of amides is 1. The van der Waals surface area contributed by atoms with Gasteiger partial charge < -0.3 is 10.4 Å². The van der Waals surface area contributed by atoms with Gasteiger partial charge in [-0.25, -0.2) is 0 Å². The van der Waals surface area contributed by atoms with Crippen molar-refractivity contribution >= 4 is 29.2 Å². The first kappa shape index (κ1) is 16.0. The van der Waals surface area contributed by atoms with E-state index < -0.39 is 11.3 Å². The van der Waals surface area contributed by atoms with E-state index in [4.69, 9.17) is 16.7 Å². The summed E-state index contributed by atoms with van der Waals surface area (Å²) in [6, 6.07) is 15.0. The number of rotatable bonds is 5. The van der Waals surface area contributed by atoms with Crippen molar-refractivity contribution in [3.8, 4) is 11.1 Å². The maximum Gasteiger partial charge on any atom is 0.307 e. The van der Waals surface area contributed by atoms with E-state index in [0.29, 0.717) is 11.3 Å². The molecule has 0 fully saturated rings. The number of benzene rings is 2.